The van der Waals surface area contributed by atoms with Gasteiger partial charge in [-0.05, 0) is 56.3 Å². The van der Waals surface area contributed by atoms with Crippen LogP contribution in [-0.2, 0) is 20.0 Å². The maximum absolute atomic E-state index is 12.8. The molecule has 3 aromatic rings. The van der Waals surface area contributed by atoms with Crippen LogP contribution in [0.2, 0.25) is 0 Å². The Morgan fingerprint density at radius 3 is 1.74 bits per heavy atom. The second kappa shape index (κ2) is 7.17. The Kier molecular flexibility index (Phi) is 5.08. The molecule has 0 radical (unpaired) electrons. The molecule has 0 unspecified atom stereocenters. The Balaban J connectivity index is 1.97. The van der Waals surface area contributed by atoms with Crippen molar-refractivity contribution < 1.29 is 21.0 Å². The van der Waals surface area contributed by atoms with Crippen LogP contribution in [0, 0.1) is 13.8 Å². The van der Waals surface area contributed by atoms with E-state index in [9.17, 15) is 16.8 Å². The minimum absolute atomic E-state index is 0.0992. The van der Waals surface area contributed by atoms with Gasteiger partial charge in [0.1, 0.15) is 10.6 Å². The van der Waals surface area contributed by atoms with Crippen LogP contribution in [0.3, 0.4) is 0 Å². The van der Waals surface area contributed by atoms with E-state index >= 15 is 0 Å². The van der Waals surface area contributed by atoms with E-state index in [0.29, 0.717) is 0 Å². The summed E-state index contributed by atoms with van der Waals surface area (Å²) in [5.74, 6) is 0.160. The molecule has 27 heavy (non-hydrogen) atoms. The highest BCUT2D eigenvalue weighted by molar-refractivity contribution is 7.91. The Hall–Kier alpha value is -2.64. The van der Waals surface area contributed by atoms with Crippen molar-refractivity contribution in [1.29, 1.82) is 0 Å². The lowest BCUT2D eigenvalue weighted by atomic mass is 10.2. The number of benzene rings is 3. The molecular weight excluding hydrogens is 384 g/mol. The molecule has 140 valence electrons. The highest BCUT2D eigenvalue weighted by atomic mass is 32.2. The summed E-state index contributed by atoms with van der Waals surface area (Å²) in [6.07, 6.45) is 0. The lowest BCUT2D eigenvalue weighted by Crippen LogP contribution is -2.11. The van der Waals surface area contributed by atoms with Gasteiger partial charge in [-0.15, -0.1) is 0 Å². The lowest BCUT2D eigenvalue weighted by Gasteiger charge is -2.09. The number of hydrogen-bond acceptors (Lipinski definition) is 5. The molecule has 0 amide bonds. The molecule has 0 aliphatic rings. The largest absolute Gasteiger partial charge is 0.379 e. The van der Waals surface area contributed by atoms with Gasteiger partial charge in [-0.2, -0.15) is 8.42 Å². The molecule has 0 N–H and O–H groups in total. The second-order valence-electron chi connectivity index (χ2n) is 6.14. The van der Waals surface area contributed by atoms with Gasteiger partial charge >= 0.3 is 10.1 Å². The smallest absolute Gasteiger partial charge is 0.339 e. The van der Waals surface area contributed by atoms with E-state index in [4.69, 9.17) is 4.18 Å². The average molecular weight is 402 g/mol. The fourth-order valence-electron chi connectivity index (χ4n) is 2.42. The monoisotopic (exact) mass is 402 g/mol. The molecule has 0 saturated heterocycles. The molecule has 0 heterocycles. The molecule has 3 aromatic carbocycles. The van der Waals surface area contributed by atoms with Gasteiger partial charge in [0.05, 0.1) is 9.79 Å². The third-order valence-electron chi connectivity index (χ3n) is 3.96. The van der Waals surface area contributed by atoms with E-state index in [1.165, 1.54) is 30.3 Å². The first-order chi connectivity index (χ1) is 12.7. The molecule has 0 fully saturated rings. The first-order valence-corrected chi connectivity index (χ1v) is 11.0. The van der Waals surface area contributed by atoms with Crippen molar-refractivity contribution in [1.82, 2.24) is 0 Å². The van der Waals surface area contributed by atoms with E-state index < -0.39 is 20.0 Å². The molecule has 0 bridgehead atoms. The fraction of sp³-hybridized carbons (Fsp3) is 0.100. The zero-order valence-electron chi connectivity index (χ0n) is 14.8. The van der Waals surface area contributed by atoms with Crippen molar-refractivity contribution in [2.45, 2.75) is 28.5 Å². The quantitative estimate of drug-likeness (QED) is 0.605. The second-order valence-corrected chi connectivity index (χ2v) is 9.64. The van der Waals surface area contributed by atoms with E-state index in [-0.39, 0.29) is 20.4 Å². The molecule has 0 aromatic heterocycles. The maximum Gasteiger partial charge on any atom is 0.339 e. The van der Waals surface area contributed by atoms with Crippen molar-refractivity contribution in [2.24, 2.45) is 0 Å². The van der Waals surface area contributed by atoms with E-state index in [1.54, 1.807) is 36.4 Å². The lowest BCUT2D eigenvalue weighted by molar-refractivity contribution is 0.486. The molecular formula is C20H18O5S2. The number of hydrogen-bond donors (Lipinski definition) is 0. The average Bonchev–Trinajstić information content (AvgIpc) is 2.64. The molecule has 3 rings (SSSR count). The Morgan fingerprint density at radius 2 is 1.15 bits per heavy atom. The van der Waals surface area contributed by atoms with Crippen LogP contribution in [0.1, 0.15) is 11.1 Å². The molecule has 0 saturated carbocycles. The molecule has 0 aliphatic carbocycles. The normalized spacial score (nSPS) is 11.9. The Morgan fingerprint density at radius 1 is 0.630 bits per heavy atom. The molecule has 5 nitrogen and oxygen atoms in total. The minimum Gasteiger partial charge on any atom is -0.379 e. The molecule has 0 aliphatic heterocycles. The third-order valence-corrected chi connectivity index (χ3v) is 6.97. The van der Waals surface area contributed by atoms with E-state index in [0.717, 1.165) is 17.2 Å². The zero-order chi connectivity index (χ0) is 19.7. The van der Waals surface area contributed by atoms with E-state index in [2.05, 4.69) is 0 Å². The van der Waals surface area contributed by atoms with Crippen LogP contribution >= 0.6 is 0 Å². The maximum atomic E-state index is 12.8. The Bertz CT molecular complexity index is 1160. The van der Waals surface area contributed by atoms with Crippen LogP contribution in [-0.4, -0.2) is 16.8 Å². The highest BCUT2D eigenvalue weighted by Gasteiger charge is 2.22. The molecule has 7 heteroatoms. The van der Waals surface area contributed by atoms with Gasteiger partial charge in [0.2, 0.25) is 9.84 Å². The van der Waals surface area contributed by atoms with Crippen LogP contribution in [0.15, 0.2) is 87.5 Å². The summed E-state index contributed by atoms with van der Waals surface area (Å²) in [5.41, 5.74) is 1.89. The summed E-state index contributed by atoms with van der Waals surface area (Å²) >= 11 is 0. The van der Waals surface area contributed by atoms with Gasteiger partial charge in [0.25, 0.3) is 0 Å². The van der Waals surface area contributed by atoms with Crippen molar-refractivity contribution in [3.05, 3.63) is 83.9 Å². The van der Waals surface area contributed by atoms with Crippen molar-refractivity contribution in [2.75, 3.05) is 0 Å². The summed E-state index contributed by atoms with van der Waals surface area (Å²) in [7, 11) is -8.00. The summed E-state index contributed by atoms with van der Waals surface area (Å²) in [4.78, 5) is -0.238. The van der Waals surface area contributed by atoms with Gasteiger partial charge in [-0.3, -0.25) is 0 Å². The summed E-state index contributed by atoms with van der Waals surface area (Å²) in [6.45, 7) is 3.73. The zero-order valence-corrected chi connectivity index (χ0v) is 16.4. The standard InChI is InChI=1S/C20H18O5S2/c1-15-6-10-17(11-7-15)25-27(23,24)20-5-3-4-19(14-20)26(21,22)18-12-8-16(2)9-13-18/h3-14H,1-2H3. The SMILES string of the molecule is Cc1ccc(OS(=O)(=O)c2cccc(S(=O)(=O)c3ccc(C)cc3)c2)cc1. The van der Waals surface area contributed by atoms with Crippen LogP contribution in [0.5, 0.6) is 5.75 Å². The van der Waals surface area contributed by atoms with Crippen molar-refractivity contribution >= 4 is 20.0 Å². The molecule has 0 spiro atoms. The van der Waals surface area contributed by atoms with Gasteiger partial charge in [-0.1, -0.05) is 41.5 Å². The Labute approximate surface area is 159 Å². The summed E-state index contributed by atoms with van der Waals surface area (Å²) in [5, 5.41) is 0. The van der Waals surface area contributed by atoms with Gasteiger partial charge in [0, 0.05) is 0 Å². The predicted molar refractivity (Wildman–Crippen MR) is 102 cm³/mol. The topological polar surface area (TPSA) is 77.5 Å². The van der Waals surface area contributed by atoms with Crippen LogP contribution in [0.25, 0.3) is 0 Å². The van der Waals surface area contributed by atoms with E-state index in [1.807, 2.05) is 13.8 Å². The number of aryl methyl sites for hydroxylation is 2. The summed E-state index contributed by atoms with van der Waals surface area (Å²) in [6, 6.07) is 18.1. The fourth-order valence-corrected chi connectivity index (χ4v) is 4.78. The van der Waals surface area contributed by atoms with Gasteiger partial charge in [0.15, 0.2) is 0 Å². The van der Waals surface area contributed by atoms with Crippen LogP contribution < -0.4 is 4.18 Å². The third kappa shape index (κ3) is 4.20. The molecule has 0 atom stereocenters. The minimum atomic E-state index is -4.16. The first-order valence-electron chi connectivity index (χ1n) is 8.11. The predicted octanol–water partition coefficient (Wildman–Crippen LogP) is 3.90. The van der Waals surface area contributed by atoms with Crippen molar-refractivity contribution in [3.63, 3.8) is 0 Å². The number of sulfone groups is 1. The van der Waals surface area contributed by atoms with Crippen molar-refractivity contribution in [3.8, 4) is 5.75 Å². The van der Waals surface area contributed by atoms with Crippen LogP contribution in [0.4, 0.5) is 0 Å². The highest BCUT2D eigenvalue weighted by Crippen LogP contribution is 2.25. The van der Waals surface area contributed by atoms with Gasteiger partial charge in [-0.25, -0.2) is 8.42 Å². The first kappa shape index (κ1) is 19.1. The summed E-state index contributed by atoms with van der Waals surface area (Å²) < 4.78 is 55.7. The van der Waals surface area contributed by atoms with Gasteiger partial charge < -0.3 is 4.18 Å². The number of rotatable bonds is 5.